The summed E-state index contributed by atoms with van der Waals surface area (Å²) in [5, 5.41) is 0.337. The second-order valence-electron chi connectivity index (χ2n) is 4.55. The van der Waals surface area contributed by atoms with Gasteiger partial charge >= 0.3 is 0 Å². The molecule has 0 radical (unpaired) electrons. The van der Waals surface area contributed by atoms with Crippen molar-refractivity contribution in [2.24, 2.45) is 5.92 Å². The van der Waals surface area contributed by atoms with E-state index in [1.54, 1.807) is 6.07 Å². The molecule has 15 heavy (non-hydrogen) atoms. The first-order valence-corrected chi connectivity index (χ1v) is 5.98. The van der Waals surface area contributed by atoms with Gasteiger partial charge < -0.3 is 0 Å². The number of halogens is 2. The highest BCUT2D eigenvalue weighted by atomic mass is 35.5. The van der Waals surface area contributed by atoms with Crippen molar-refractivity contribution in [1.82, 2.24) is 0 Å². The number of hydrogen-bond donors (Lipinski definition) is 0. The molecule has 82 valence electrons. The summed E-state index contributed by atoms with van der Waals surface area (Å²) in [6, 6.07) is 5.05. The van der Waals surface area contributed by atoms with E-state index in [0.29, 0.717) is 11.3 Å². The van der Waals surface area contributed by atoms with Gasteiger partial charge in [0.25, 0.3) is 0 Å². The van der Waals surface area contributed by atoms with Crippen LogP contribution in [0.15, 0.2) is 18.2 Å². The number of alkyl halides is 1. The molecule has 0 saturated heterocycles. The molecule has 2 unspecified atom stereocenters. The number of hydrogen-bond acceptors (Lipinski definition) is 0. The second kappa shape index (κ2) is 4.52. The molecular formula is C13H16ClF. The van der Waals surface area contributed by atoms with Gasteiger partial charge in [-0.25, -0.2) is 4.39 Å². The highest BCUT2D eigenvalue weighted by molar-refractivity contribution is 6.20. The van der Waals surface area contributed by atoms with Crippen molar-refractivity contribution < 1.29 is 4.39 Å². The second-order valence-corrected chi connectivity index (χ2v) is 5.17. The Balaban J connectivity index is 2.07. The highest BCUT2D eigenvalue weighted by Crippen LogP contribution is 2.32. The van der Waals surface area contributed by atoms with Crippen LogP contribution in [0.2, 0.25) is 0 Å². The Morgan fingerprint density at radius 3 is 2.87 bits per heavy atom. The summed E-state index contributed by atoms with van der Waals surface area (Å²) in [6.45, 7) is 2.04. The molecule has 1 aromatic rings. The van der Waals surface area contributed by atoms with E-state index >= 15 is 0 Å². The average molecular weight is 227 g/mol. The summed E-state index contributed by atoms with van der Waals surface area (Å²) in [5.41, 5.74) is 2.33. The van der Waals surface area contributed by atoms with Crippen LogP contribution in [-0.2, 0) is 6.42 Å². The Morgan fingerprint density at radius 1 is 1.40 bits per heavy atom. The van der Waals surface area contributed by atoms with Crippen LogP contribution in [0, 0.1) is 18.7 Å². The number of aryl methyl sites for hydroxylation is 1. The van der Waals surface area contributed by atoms with Crippen molar-refractivity contribution in [2.45, 2.75) is 38.0 Å². The molecule has 0 N–H and O–H groups in total. The smallest absolute Gasteiger partial charge is 0.123 e. The fraction of sp³-hybridized carbons (Fsp3) is 0.538. The first kappa shape index (κ1) is 10.9. The number of benzene rings is 1. The molecule has 0 aromatic heterocycles. The molecule has 1 aromatic carbocycles. The van der Waals surface area contributed by atoms with Crippen LogP contribution in [0.25, 0.3) is 0 Å². The molecule has 0 amide bonds. The third-order valence-corrected chi connectivity index (χ3v) is 3.69. The topological polar surface area (TPSA) is 0 Å². The summed E-state index contributed by atoms with van der Waals surface area (Å²) in [4.78, 5) is 0. The van der Waals surface area contributed by atoms with Crippen LogP contribution in [0.5, 0.6) is 0 Å². The van der Waals surface area contributed by atoms with Gasteiger partial charge in [0.2, 0.25) is 0 Å². The van der Waals surface area contributed by atoms with Gasteiger partial charge in [0.15, 0.2) is 0 Å². The SMILES string of the molecule is Cc1ccc(F)cc1CC1CCC(Cl)C1. The van der Waals surface area contributed by atoms with Gasteiger partial charge in [-0.2, -0.15) is 0 Å². The lowest BCUT2D eigenvalue weighted by atomic mass is 9.95. The molecule has 0 aliphatic heterocycles. The standard InChI is InChI=1S/C13H16ClF/c1-9-2-5-13(15)8-11(9)6-10-3-4-12(14)7-10/h2,5,8,10,12H,3-4,6-7H2,1H3. The lowest BCUT2D eigenvalue weighted by Gasteiger charge is -2.11. The third kappa shape index (κ3) is 2.72. The van der Waals surface area contributed by atoms with E-state index in [9.17, 15) is 4.39 Å². The summed E-state index contributed by atoms with van der Waals surface area (Å²) in [7, 11) is 0. The van der Waals surface area contributed by atoms with Crippen LogP contribution in [-0.4, -0.2) is 5.38 Å². The molecule has 0 spiro atoms. The van der Waals surface area contributed by atoms with Crippen molar-refractivity contribution in [3.63, 3.8) is 0 Å². The van der Waals surface area contributed by atoms with Crippen molar-refractivity contribution in [2.75, 3.05) is 0 Å². The lowest BCUT2D eigenvalue weighted by Crippen LogP contribution is -2.02. The highest BCUT2D eigenvalue weighted by Gasteiger charge is 2.23. The van der Waals surface area contributed by atoms with Crippen LogP contribution >= 0.6 is 11.6 Å². The minimum atomic E-state index is -0.129. The zero-order chi connectivity index (χ0) is 10.8. The zero-order valence-corrected chi connectivity index (χ0v) is 9.73. The predicted molar refractivity (Wildman–Crippen MR) is 61.8 cm³/mol. The van der Waals surface area contributed by atoms with Gasteiger partial charge in [0, 0.05) is 5.38 Å². The maximum atomic E-state index is 13.1. The summed E-state index contributed by atoms with van der Waals surface area (Å²) >= 11 is 6.07. The first-order chi connectivity index (χ1) is 7.15. The Bertz CT molecular complexity index is 348. The van der Waals surface area contributed by atoms with Gasteiger partial charge in [-0.3, -0.25) is 0 Å². The molecule has 2 rings (SSSR count). The molecule has 1 aliphatic carbocycles. The molecular weight excluding hydrogens is 211 g/mol. The van der Waals surface area contributed by atoms with E-state index in [2.05, 4.69) is 0 Å². The molecule has 0 heterocycles. The van der Waals surface area contributed by atoms with Crippen molar-refractivity contribution in [3.05, 3.63) is 35.1 Å². The first-order valence-electron chi connectivity index (χ1n) is 5.54. The lowest BCUT2D eigenvalue weighted by molar-refractivity contribution is 0.542. The molecule has 2 heteroatoms. The van der Waals surface area contributed by atoms with E-state index in [-0.39, 0.29) is 5.82 Å². The van der Waals surface area contributed by atoms with Gasteiger partial charge in [-0.1, -0.05) is 6.07 Å². The molecule has 1 aliphatic rings. The van der Waals surface area contributed by atoms with E-state index in [4.69, 9.17) is 11.6 Å². The summed E-state index contributed by atoms with van der Waals surface area (Å²) in [6.07, 6.45) is 4.36. The average Bonchev–Trinajstić information content (AvgIpc) is 2.58. The maximum absolute atomic E-state index is 13.1. The Hall–Kier alpha value is -0.560. The maximum Gasteiger partial charge on any atom is 0.123 e. The van der Waals surface area contributed by atoms with Gasteiger partial charge in [-0.15, -0.1) is 11.6 Å². The minimum Gasteiger partial charge on any atom is -0.207 e. The zero-order valence-electron chi connectivity index (χ0n) is 8.97. The normalized spacial score (nSPS) is 25.8. The van der Waals surface area contributed by atoms with E-state index in [1.165, 1.54) is 18.1 Å². The fourth-order valence-corrected chi connectivity index (χ4v) is 2.75. The Kier molecular flexibility index (Phi) is 3.30. The van der Waals surface area contributed by atoms with E-state index in [1.807, 2.05) is 13.0 Å². The molecule has 1 fully saturated rings. The van der Waals surface area contributed by atoms with Crippen LogP contribution < -0.4 is 0 Å². The van der Waals surface area contributed by atoms with Crippen molar-refractivity contribution >= 4 is 11.6 Å². The fourth-order valence-electron chi connectivity index (χ4n) is 2.37. The number of rotatable bonds is 2. The molecule has 1 saturated carbocycles. The molecule has 0 bridgehead atoms. The van der Waals surface area contributed by atoms with Gasteiger partial charge in [0.1, 0.15) is 5.82 Å². The Morgan fingerprint density at radius 2 is 2.20 bits per heavy atom. The third-order valence-electron chi connectivity index (χ3n) is 3.30. The Labute approximate surface area is 95.4 Å². The minimum absolute atomic E-state index is 0.129. The predicted octanol–water partition coefficient (Wildman–Crippen LogP) is 4.08. The van der Waals surface area contributed by atoms with E-state index < -0.39 is 0 Å². The van der Waals surface area contributed by atoms with Crippen LogP contribution in [0.1, 0.15) is 30.4 Å². The monoisotopic (exact) mass is 226 g/mol. The van der Waals surface area contributed by atoms with Crippen molar-refractivity contribution in [3.8, 4) is 0 Å². The van der Waals surface area contributed by atoms with Crippen LogP contribution in [0.4, 0.5) is 4.39 Å². The summed E-state index contributed by atoms with van der Waals surface area (Å²) < 4.78 is 13.1. The van der Waals surface area contributed by atoms with Crippen molar-refractivity contribution in [1.29, 1.82) is 0 Å². The largest absolute Gasteiger partial charge is 0.207 e. The van der Waals surface area contributed by atoms with Crippen LogP contribution in [0.3, 0.4) is 0 Å². The van der Waals surface area contributed by atoms with E-state index in [0.717, 1.165) is 24.8 Å². The van der Waals surface area contributed by atoms with Gasteiger partial charge in [-0.05, 0) is 61.8 Å². The quantitative estimate of drug-likeness (QED) is 0.667. The molecule has 0 nitrogen and oxygen atoms in total. The summed E-state index contributed by atoms with van der Waals surface area (Å²) in [5.74, 6) is 0.518. The van der Waals surface area contributed by atoms with Gasteiger partial charge in [0.05, 0.1) is 0 Å². The molecule has 2 atom stereocenters.